The van der Waals surface area contributed by atoms with E-state index in [0.717, 1.165) is 11.3 Å². The van der Waals surface area contributed by atoms with Crippen LogP contribution in [-0.2, 0) is 0 Å². The number of rotatable bonds is 6. The van der Waals surface area contributed by atoms with E-state index in [9.17, 15) is 14.3 Å². The van der Waals surface area contributed by atoms with Crippen LogP contribution in [0.4, 0.5) is 4.39 Å². The van der Waals surface area contributed by atoms with Crippen LogP contribution < -0.4 is 5.32 Å². The van der Waals surface area contributed by atoms with Crippen LogP contribution in [0.3, 0.4) is 0 Å². The van der Waals surface area contributed by atoms with E-state index >= 15 is 0 Å². The third kappa shape index (κ3) is 4.51. The molecule has 0 saturated heterocycles. The quantitative estimate of drug-likeness (QED) is 0.667. The predicted molar refractivity (Wildman–Crippen MR) is 110 cm³/mol. The molecule has 2 aromatic carbocycles. The van der Waals surface area contributed by atoms with E-state index in [1.54, 1.807) is 42.1 Å². The van der Waals surface area contributed by atoms with Crippen LogP contribution in [0.25, 0.3) is 16.8 Å². The first-order valence-electron chi connectivity index (χ1n) is 9.54. The number of nitrogens with zero attached hydrogens (tertiary/aromatic N) is 3. The number of halogens is 1. The van der Waals surface area contributed by atoms with Crippen LogP contribution in [-0.4, -0.2) is 38.7 Å². The molecule has 0 aliphatic heterocycles. The summed E-state index contributed by atoms with van der Waals surface area (Å²) in [6.07, 6.45) is 1.68. The average Bonchev–Trinajstić information content (AvgIpc) is 3.17. The minimum absolute atomic E-state index is 0.163. The smallest absolute Gasteiger partial charge is 0.251 e. The highest BCUT2D eigenvalue weighted by Gasteiger charge is 2.17. The highest BCUT2D eigenvalue weighted by molar-refractivity contribution is 5.96. The van der Waals surface area contributed by atoms with Crippen molar-refractivity contribution >= 4 is 5.91 Å². The van der Waals surface area contributed by atoms with Gasteiger partial charge in [-0.1, -0.05) is 31.2 Å². The maximum Gasteiger partial charge on any atom is 0.251 e. The summed E-state index contributed by atoms with van der Waals surface area (Å²) in [6.45, 7) is 7.40. The van der Waals surface area contributed by atoms with Crippen LogP contribution in [0.15, 0.2) is 42.6 Å². The Bertz CT molecular complexity index is 1030. The van der Waals surface area contributed by atoms with Gasteiger partial charge in [0, 0.05) is 17.2 Å². The highest BCUT2D eigenvalue weighted by Crippen LogP contribution is 2.28. The van der Waals surface area contributed by atoms with E-state index in [0.29, 0.717) is 22.4 Å². The van der Waals surface area contributed by atoms with Crippen LogP contribution in [0.5, 0.6) is 0 Å². The van der Waals surface area contributed by atoms with Crippen molar-refractivity contribution < 1.29 is 14.3 Å². The van der Waals surface area contributed by atoms with Gasteiger partial charge in [-0.05, 0) is 55.2 Å². The van der Waals surface area contributed by atoms with Crippen LogP contribution in [0.1, 0.15) is 48.3 Å². The molecule has 0 spiro atoms. The summed E-state index contributed by atoms with van der Waals surface area (Å²) in [5, 5.41) is 20.1. The van der Waals surface area contributed by atoms with Gasteiger partial charge < -0.3 is 10.4 Å². The molecule has 0 radical (unpaired) electrons. The van der Waals surface area contributed by atoms with Crippen molar-refractivity contribution in [1.29, 1.82) is 0 Å². The number of benzene rings is 2. The van der Waals surface area contributed by atoms with E-state index < -0.39 is 6.04 Å². The SMILES string of the molecule is Cc1ccc(-c2cc(C(=O)N[C@@H](C)CO)cc(-n3nncc3C(C)C)c2)c(F)c1. The zero-order chi connectivity index (χ0) is 21.1. The van der Waals surface area contributed by atoms with Crippen molar-refractivity contribution in [2.45, 2.75) is 39.7 Å². The predicted octanol–water partition coefficient (Wildman–Crippen LogP) is 3.62. The highest BCUT2D eigenvalue weighted by atomic mass is 19.1. The topological polar surface area (TPSA) is 80.0 Å². The standard InChI is InChI=1S/C22H25FN4O2/c1-13(2)21-11-24-26-27(21)18-9-16(19-6-5-14(3)7-20(19)23)8-17(10-18)22(29)25-15(4)12-28/h5-11,13,15,28H,12H2,1-4H3,(H,25,29)/t15-/m0/s1. The zero-order valence-electron chi connectivity index (χ0n) is 17.0. The number of carbonyl (C=O) groups is 1. The van der Waals surface area contributed by atoms with Crippen molar-refractivity contribution in [3.05, 3.63) is 65.2 Å². The molecule has 3 rings (SSSR count). The number of aromatic nitrogens is 3. The van der Waals surface area contributed by atoms with Crippen LogP contribution in [0, 0.1) is 12.7 Å². The van der Waals surface area contributed by atoms with Crippen molar-refractivity contribution in [2.24, 2.45) is 0 Å². The number of aliphatic hydroxyl groups is 1. The number of aryl methyl sites for hydroxylation is 1. The molecule has 3 aromatic rings. The van der Waals surface area contributed by atoms with Crippen LogP contribution >= 0.6 is 0 Å². The molecule has 0 aliphatic rings. The van der Waals surface area contributed by atoms with Gasteiger partial charge in [-0.25, -0.2) is 9.07 Å². The fourth-order valence-electron chi connectivity index (χ4n) is 3.06. The Morgan fingerprint density at radius 2 is 1.97 bits per heavy atom. The van der Waals surface area contributed by atoms with Crippen LogP contribution in [0.2, 0.25) is 0 Å². The molecular formula is C22H25FN4O2. The number of amides is 1. The second kappa shape index (κ2) is 8.53. The van der Waals surface area contributed by atoms with Gasteiger partial charge in [-0.15, -0.1) is 5.10 Å². The first-order chi connectivity index (χ1) is 13.8. The lowest BCUT2D eigenvalue weighted by atomic mass is 9.99. The molecule has 0 aliphatic carbocycles. The summed E-state index contributed by atoms with van der Waals surface area (Å²) in [5.41, 5.74) is 3.62. The number of aliphatic hydroxyl groups excluding tert-OH is 1. The molecule has 1 aromatic heterocycles. The molecule has 0 saturated carbocycles. The third-order valence-electron chi connectivity index (χ3n) is 4.68. The summed E-state index contributed by atoms with van der Waals surface area (Å²) in [6, 6.07) is 9.71. The molecule has 29 heavy (non-hydrogen) atoms. The number of hydrogen-bond donors (Lipinski definition) is 2. The Kier molecular flexibility index (Phi) is 6.08. The van der Waals surface area contributed by atoms with E-state index in [1.807, 2.05) is 26.8 Å². The number of hydrogen-bond acceptors (Lipinski definition) is 4. The Hall–Kier alpha value is -3.06. The van der Waals surface area contributed by atoms with Gasteiger partial charge in [0.1, 0.15) is 5.82 Å². The molecule has 0 fully saturated rings. The minimum atomic E-state index is -0.400. The van der Waals surface area contributed by atoms with Gasteiger partial charge in [0.25, 0.3) is 5.91 Å². The summed E-state index contributed by atoms with van der Waals surface area (Å²) in [4.78, 5) is 12.7. The lowest BCUT2D eigenvalue weighted by Crippen LogP contribution is -2.35. The zero-order valence-corrected chi connectivity index (χ0v) is 17.0. The van der Waals surface area contributed by atoms with Gasteiger partial charge in [0.05, 0.1) is 24.2 Å². The average molecular weight is 396 g/mol. The number of nitrogens with one attached hydrogen (secondary N) is 1. The van der Waals surface area contributed by atoms with Crippen molar-refractivity contribution in [2.75, 3.05) is 6.61 Å². The maximum atomic E-state index is 14.6. The fraction of sp³-hybridized carbons (Fsp3) is 0.318. The molecule has 1 heterocycles. The minimum Gasteiger partial charge on any atom is -0.394 e. The molecule has 2 N–H and O–H groups in total. The van der Waals surface area contributed by atoms with E-state index in [2.05, 4.69) is 15.6 Å². The molecule has 0 unspecified atom stereocenters. The van der Waals surface area contributed by atoms with Gasteiger partial charge in [-0.3, -0.25) is 4.79 Å². The van der Waals surface area contributed by atoms with Gasteiger partial charge >= 0.3 is 0 Å². The molecule has 6 nitrogen and oxygen atoms in total. The van der Waals surface area contributed by atoms with Gasteiger partial charge in [0.2, 0.25) is 0 Å². The van der Waals surface area contributed by atoms with Gasteiger partial charge in [-0.2, -0.15) is 0 Å². The maximum absolute atomic E-state index is 14.6. The Balaban J connectivity index is 2.16. The molecular weight excluding hydrogens is 371 g/mol. The molecule has 152 valence electrons. The number of carbonyl (C=O) groups excluding carboxylic acids is 1. The Morgan fingerprint density at radius 1 is 1.21 bits per heavy atom. The van der Waals surface area contributed by atoms with E-state index in [4.69, 9.17) is 0 Å². The van der Waals surface area contributed by atoms with Crippen molar-refractivity contribution in [1.82, 2.24) is 20.3 Å². The normalized spacial score (nSPS) is 12.2. The third-order valence-corrected chi connectivity index (χ3v) is 4.68. The summed E-state index contributed by atoms with van der Waals surface area (Å²) in [5.74, 6) is -0.551. The van der Waals surface area contributed by atoms with Gasteiger partial charge in [0.15, 0.2) is 0 Å². The molecule has 7 heteroatoms. The summed E-state index contributed by atoms with van der Waals surface area (Å²) < 4.78 is 16.3. The second-order valence-electron chi connectivity index (χ2n) is 7.53. The first kappa shape index (κ1) is 20.7. The largest absolute Gasteiger partial charge is 0.394 e. The molecule has 1 amide bonds. The lowest BCUT2D eigenvalue weighted by Gasteiger charge is -2.15. The Morgan fingerprint density at radius 3 is 2.62 bits per heavy atom. The van der Waals surface area contributed by atoms with E-state index in [1.165, 1.54) is 6.07 Å². The monoisotopic (exact) mass is 396 g/mol. The van der Waals surface area contributed by atoms with Crippen molar-refractivity contribution in [3.8, 4) is 16.8 Å². The molecule has 1 atom stereocenters. The van der Waals surface area contributed by atoms with Crippen molar-refractivity contribution in [3.63, 3.8) is 0 Å². The lowest BCUT2D eigenvalue weighted by molar-refractivity contribution is 0.0922. The van der Waals surface area contributed by atoms with E-state index in [-0.39, 0.29) is 24.2 Å². The first-order valence-corrected chi connectivity index (χ1v) is 9.54. The Labute approximate surface area is 169 Å². The fourth-order valence-corrected chi connectivity index (χ4v) is 3.06. The molecule has 0 bridgehead atoms. The summed E-state index contributed by atoms with van der Waals surface area (Å²) >= 11 is 0. The second-order valence-corrected chi connectivity index (χ2v) is 7.53. The summed E-state index contributed by atoms with van der Waals surface area (Å²) in [7, 11) is 0.